The van der Waals surface area contributed by atoms with E-state index in [9.17, 15) is 0 Å². The largest absolute Gasteiger partial charge is 0.145 e. The van der Waals surface area contributed by atoms with E-state index in [0.29, 0.717) is 0 Å². The van der Waals surface area contributed by atoms with Crippen LogP contribution < -0.4 is 0 Å². The summed E-state index contributed by atoms with van der Waals surface area (Å²) < 4.78 is 0. The summed E-state index contributed by atoms with van der Waals surface area (Å²) in [5, 5.41) is 0. The SMILES string of the molecule is [CH2]Cc1ccc(CCCCCCCCCCCC)s1. The zero-order valence-corrected chi connectivity index (χ0v) is 13.6. The fraction of sp³-hybridized carbons (Fsp3) is 0.722. The summed E-state index contributed by atoms with van der Waals surface area (Å²) in [5.41, 5.74) is 0. The maximum Gasteiger partial charge on any atom is 0.00481 e. The Labute approximate surface area is 124 Å². The molecule has 0 amide bonds. The Morgan fingerprint density at radius 2 is 1.32 bits per heavy atom. The monoisotopic (exact) mass is 279 g/mol. The molecule has 1 heterocycles. The van der Waals surface area contributed by atoms with Crippen LogP contribution in [-0.2, 0) is 12.8 Å². The first kappa shape index (κ1) is 16.8. The Bertz CT molecular complexity index is 300. The van der Waals surface area contributed by atoms with Crippen LogP contribution in [0.1, 0.15) is 80.9 Å². The highest BCUT2D eigenvalue weighted by molar-refractivity contribution is 7.12. The lowest BCUT2D eigenvalue weighted by atomic mass is 10.1. The zero-order valence-electron chi connectivity index (χ0n) is 12.8. The number of unbranched alkanes of at least 4 members (excludes halogenated alkanes) is 9. The van der Waals surface area contributed by atoms with Gasteiger partial charge < -0.3 is 0 Å². The summed E-state index contributed by atoms with van der Waals surface area (Å²) in [5.74, 6) is 0. The average molecular weight is 280 g/mol. The third-order valence-corrected chi connectivity index (χ3v) is 4.95. The van der Waals surface area contributed by atoms with Crippen molar-refractivity contribution in [1.29, 1.82) is 0 Å². The molecule has 0 aromatic carbocycles. The summed E-state index contributed by atoms with van der Waals surface area (Å²) in [4.78, 5) is 2.99. The predicted octanol–water partition coefficient (Wildman–Crippen LogP) is 6.59. The van der Waals surface area contributed by atoms with Gasteiger partial charge >= 0.3 is 0 Å². The minimum absolute atomic E-state index is 0.947. The number of hydrogen-bond acceptors (Lipinski definition) is 1. The van der Waals surface area contributed by atoms with Gasteiger partial charge in [0.25, 0.3) is 0 Å². The lowest BCUT2D eigenvalue weighted by molar-refractivity contribution is 0.557. The van der Waals surface area contributed by atoms with E-state index in [1.54, 1.807) is 4.88 Å². The first-order valence-electron chi connectivity index (χ1n) is 8.23. The predicted molar refractivity (Wildman–Crippen MR) is 88.9 cm³/mol. The van der Waals surface area contributed by atoms with Gasteiger partial charge in [0.1, 0.15) is 0 Å². The summed E-state index contributed by atoms with van der Waals surface area (Å²) in [6.07, 6.45) is 16.5. The molecule has 1 radical (unpaired) electrons. The molecule has 0 spiro atoms. The van der Waals surface area contributed by atoms with E-state index < -0.39 is 0 Å². The van der Waals surface area contributed by atoms with Crippen molar-refractivity contribution in [2.45, 2.75) is 84.0 Å². The van der Waals surface area contributed by atoms with Gasteiger partial charge in [-0.2, -0.15) is 0 Å². The first-order valence-corrected chi connectivity index (χ1v) is 9.05. The number of rotatable bonds is 12. The van der Waals surface area contributed by atoms with Gasteiger partial charge in [-0.1, -0.05) is 64.7 Å². The van der Waals surface area contributed by atoms with Crippen LogP contribution in [0.4, 0.5) is 0 Å². The van der Waals surface area contributed by atoms with Crippen LogP contribution in [0.25, 0.3) is 0 Å². The van der Waals surface area contributed by atoms with Gasteiger partial charge in [0, 0.05) is 9.75 Å². The summed E-state index contributed by atoms with van der Waals surface area (Å²) >= 11 is 1.95. The van der Waals surface area contributed by atoms with Crippen LogP contribution in [0.3, 0.4) is 0 Å². The number of aryl methyl sites for hydroxylation is 1. The van der Waals surface area contributed by atoms with E-state index in [1.165, 1.54) is 75.5 Å². The molecule has 1 heteroatoms. The molecule has 0 aliphatic heterocycles. The standard InChI is InChI=1S/C18H31S/c1-3-5-6-7-8-9-10-11-12-13-14-18-16-15-17(4-2)19-18/h15-16H,2-14H2,1H3. The molecule has 0 bridgehead atoms. The molecule has 0 saturated carbocycles. The summed E-state index contributed by atoms with van der Waals surface area (Å²) in [6, 6.07) is 4.53. The van der Waals surface area contributed by atoms with Crippen molar-refractivity contribution < 1.29 is 0 Å². The van der Waals surface area contributed by atoms with Gasteiger partial charge in [0.2, 0.25) is 0 Å². The highest BCUT2D eigenvalue weighted by Gasteiger charge is 1.98. The molecular formula is C18H31S. The van der Waals surface area contributed by atoms with Crippen molar-refractivity contribution in [3.63, 3.8) is 0 Å². The Morgan fingerprint density at radius 1 is 0.789 bits per heavy atom. The minimum Gasteiger partial charge on any atom is -0.145 e. The highest BCUT2D eigenvalue weighted by Crippen LogP contribution is 2.19. The lowest BCUT2D eigenvalue weighted by Gasteiger charge is -2.01. The third kappa shape index (κ3) is 8.47. The quantitative estimate of drug-likeness (QED) is 0.379. The van der Waals surface area contributed by atoms with Crippen LogP contribution >= 0.6 is 11.3 Å². The molecule has 1 rings (SSSR count). The normalized spacial score (nSPS) is 11.1. The first-order chi connectivity index (χ1) is 9.36. The van der Waals surface area contributed by atoms with Crippen molar-refractivity contribution in [1.82, 2.24) is 0 Å². The van der Waals surface area contributed by atoms with Crippen LogP contribution in [0.2, 0.25) is 0 Å². The topological polar surface area (TPSA) is 0 Å². The van der Waals surface area contributed by atoms with Gasteiger partial charge in [0.15, 0.2) is 0 Å². The van der Waals surface area contributed by atoms with E-state index in [-0.39, 0.29) is 0 Å². The molecule has 1 aromatic rings. The van der Waals surface area contributed by atoms with Crippen LogP contribution in [-0.4, -0.2) is 0 Å². The fourth-order valence-electron chi connectivity index (χ4n) is 2.48. The highest BCUT2D eigenvalue weighted by atomic mass is 32.1. The smallest absolute Gasteiger partial charge is 0.00481 e. The molecule has 0 fully saturated rings. The van der Waals surface area contributed by atoms with Gasteiger partial charge in [0.05, 0.1) is 0 Å². The van der Waals surface area contributed by atoms with E-state index in [0.717, 1.165) is 6.42 Å². The Morgan fingerprint density at radius 3 is 1.84 bits per heavy atom. The Hall–Kier alpha value is -0.300. The Balaban J connectivity index is 1.86. The molecule has 0 atom stereocenters. The maximum atomic E-state index is 3.94. The lowest BCUT2D eigenvalue weighted by Crippen LogP contribution is -1.84. The molecule has 19 heavy (non-hydrogen) atoms. The Kier molecular flexibility index (Phi) is 10.2. The number of hydrogen-bond donors (Lipinski definition) is 0. The molecule has 0 unspecified atom stereocenters. The molecule has 1 aromatic heterocycles. The van der Waals surface area contributed by atoms with E-state index >= 15 is 0 Å². The van der Waals surface area contributed by atoms with Crippen molar-refractivity contribution in [3.8, 4) is 0 Å². The number of thiophene rings is 1. The molecule has 0 N–H and O–H groups in total. The minimum atomic E-state index is 0.947. The summed E-state index contributed by atoms with van der Waals surface area (Å²) in [6.45, 7) is 6.22. The van der Waals surface area contributed by atoms with Crippen LogP contribution in [0.15, 0.2) is 12.1 Å². The maximum absolute atomic E-state index is 3.94. The van der Waals surface area contributed by atoms with Crippen molar-refractivity contribution in [3.05, 3.63) is 28.8 Å². The fourth-order valence-corrected chi connectivity index (χ4v) is 3.44. The van der Waals surface area contributed by atoms with Gasteiger partial charge in [-0.3, -0.25) is 0 Å². The van der Waals surface area contributed by atoms with Gasteiger partial charge in [-0.15, -0.1) is 11.3 Å². The second-order valence-electron chi connectivity index (χ2n) is 5.55. The average Bonchev–Trinajstić information content (AvgIpc) is 2.89. The summed E-state index contributed by atoms with van der Waals surface area (Å²) in [7, 11) is 0. The van der Waals surface area contributed by atoms with Crippen molar-refractivity contribution in [2.75, 3.05) is 0 Å². The molecule has 0 aliphatic carbocycles. The van der Waals surface area contributed by atoms with Crippen LogP contribution in [0, 0.1) is 6.92 Å². The third-order valence-electron chi connectivity index (χ3n) is 3.74. The van der Waals surface area contributed by atoms with E-state index in [2.05, 4.69) is 26.0 Å². The van der Waals surface area contributed by atoms with Crippen molar-refractivity contribution in [2.24, 2.45) is 0 Å². The second kappa shape index (κ2) is 11.5. The zero-order chi connectivity index (χ0) is 13.8. The van der Waals surface area contributed by atoms with Crippen molar-refractivity contribution >= 4 is 11.3 Å². The molecule has 0 saturated heterocycles. The van der Waals surface area contributed by atoms with Gasteiger partial charge in [-0.05, 0) is 38.3 Å². The molecule has 109 valence electrons. The second-order valence-corrected chi connectivity index (χ2v) is 6.80. The van der Waals surface area contributed by atoms with E-state index in [1.807, 2.05) is 11.3 Å². The van der Waals surface area contributed by atoms with Gasteiger partial charge in [-0.25, -0.2) is 0 Å². The molecule has 0 nitrogen and oxygen atoms in total. The molecule has 0 aliphatic rings. The molecular weight excluding hydrogens is 248 g/mol. The van der Waals surface area contributed by atoms with E-state index in [4.69, 9.17) is 0 Å². The van der Waals surface area contributed by atoms with Crippen LogP contribution in [0.5, 0.6) is 0 Å².